The van der Waals surface area contributed by atoms with Crippen molar-refractivity contribution in [2.45, 2.75) is 58.6 Å². The van der Waals surface area contributed by atoms with Crippen LogP contribution in [0.3, 0.4) is 0 Å². The van der Waals surface area contributed by atoms with E-state index >= 15 is 0 Å². The summed E-state index contributed by atoms with van der Waals surface area (Å²) in [5.74, 6) is 1.02. The summed E-state index contributed by atoms with van der Waals surface area (Å²) in [5, 5.41) is 3.18. The Morgan fingerprint density at radius 1 is 1.35 bits per heavy atom. The molecule has 0 unspecified atom stereocenters. The second-order valence-electron chi connectivity index (χ2n) is 5.95. The van der Waals surface area contributed by atoms with Gasteiger partial charge in [0, 0.05) is 17.9 Å². The van der Waals surface area contributed by atoms with Gasteiger partial charge in [-0.3, -0.25) is 4.79 Å². The first kappa shape index (κ1) is 14.9. The van der Waals surface area contributed by atoms with Crippen molar-refractivity contribution < 1.29 is 9.53 Å². The Kier molecular flexibility index (Phi) is 4.36. The van der Waals surface area contributed by atoms with Crippen molar-refractivity contribution in [1.29, 1.82) is 0 Å². The van der Waals surface area contributed by atoms with Gasteiger partial charge in [0.2, 0.25) is 5.91 Å². The van der Waals surface area contributed by atoms with Crippen LogP contribution in [0.1, 0.15) is 58.6 Å². The molecular weight excluding hydrogens is 250 g/mol. The molecule has 3 heteroatoms. The average Bonchev–Trinajstić information content (AvgIpc) is 2.46. The first-order valence-corrected chi connectivity index (χ1v) is 7.59. The fourth-order valence-electron chi connectivity index (χ4n) is 2.77. The number of nitrogens with one attached hydrogen (secondary N) is 1. The second kappa shape index (κ2) is 5.86. The zero-order chi connectivity index (χ0) is 14.8. The highest BCUT2D eigenvalue weighted by atomic mass is 16.5. The largest absolute Gasteiger partial charge is 0.487 e. The van der Waals surface area contributed by atoms with Gasteiger partial charge in [0.15, 0.2) is 0 Å². The Balaban J connectivity index is 2.32. The molecule has 0 spiro atoms. The summed E-state index contributed by atoms with van der Waals surface area (Å²) < 4.78 is 6.24. The molecule has 0 radical (unpaired) electrons. The molecule has 1 atom stereocenters. The monoisotopic (exact) mass is 275 g/mol. The SMILES string of the molecule is CCC1(CC)C[C@@H](NC(=O)C(C)C)c2ccccc2O1. The number of para-hydroxylation sites is 1. The molecule has 110 valence electrons. The van der Waals surface area contributed by atoms with Gasteiger partial charge in [0.25, 0.3) is 0 Å². The minimum Gasteiger partial charge on any atom is -0.487 e. The maximum Gasteiger partial charge on any atom is 0.223 e. The van der Waals surface area contributed by atoms with Crippen molar-refractivity contribution in [1.82, 2.24) is 5.32 Å². The second-order valence-corrected chi connectivity index (χ2v) is 5.95. The standard InChI is InChI=1S/C17H25NO2/c1-5-17(6-2)11-14(18-16(19)12(3)4)13-9-7-8-10-15(13)20-17/h7-10,12,14H,5-6,11H2,1-4H3,(H,18,19)/t14-/m1/s1. The van der Waals surface area contributed by atoms with Crippen LogP contribution in [0.5, 0.6) is 5.75 Å². The Morgan fingerprint density at radius 2 is 2.00 bits per heavy atom. The molecule has 1 aliphatic heterocycles. The number of rotatable bonds is 4. The number of hydrogen-bond acceptors (Lipinski definition) is 2. The van der Waals surface area contributed by atoms with Crippen LogP contribution in [-0.4, -0.2) is 11.5 Å². The molecule has 0 bridgehead atoms. The van der Waals surface area contributed by atoms with Gasteiger partial charge in [0.05, 0.1) is 6.04 Å². The predicted octanol–water partition coefficient (Wildman–Crippen LogP) is 3.84. The van der Waals surface area contributed by atoms with Crippen molar-refractivity contribution in [3.63, 3.8) is 0 Å². The van der Waals surface area contributed by atoms with E-state index in [9.17, 15) is 4.79 Å². The molecule has 0 fully saturated rings. The van der Waals surface area contributed by atoms with Crippen molar-refractivity contribution in [2.24, 2.45) is 5.92 Å². The number of carbonyl (C=O) groups excluding carboxylic acids is 1. The zero-order valence-electron chi connectivity index (χ0n) is 12.9. The average molecular weight is 275 g/mol. The Labute approximate surface area is 121 Å². The van der Waals surface area contributed by atoms with Gasteiger partial charge in [-0.25, -0.2) is 0 Å². The van der Waals surface area contributed by atoms with Crippen LogP contribution in [0, 0.1) is 5.92 Å². The molecule has 0 saturated carbocycles. The summed E-state index contributed by atoms with van der Waals surface area (Å²) in [7, 11) is 0. The van der Waals surface area contributed by atoms with Crippen molar-refractivity contribution in [2.75, 3.05) is 0 Å². The lowest BCUT2D eigenvalue weighted by Crippen LogP contribution is -2.45. The van der Waals surface area contributed by atoms with Crippen LogP contribution < -0.4 is 10.1 Å². The minimum atomic E-state index is -0.163. The van der Waals surface area contributed by atoms with Crippen molar-refractivity contribution >= 4 is 5.91 Å². The van der Waals surface area contributed by atoms with Gasteiger partial charge < -0.3 is 10.1 Å². The highest BCUT2D eigenvalue weighted by Gasteiger charge is 2.38. The smallest absolute Gasteiger partial charge is 0.223 e. The molecule has 1 aliphatic rings. The van der Waals surface area contributed by atoms with Crippen LogP contribution in [-0.2, 0) is 4.79 Å². The van der Waals surface area contributed by atoms with E-state index in [2.05, 4.69) is 25.2 Å². The lowest BCUT2D eigenvalue weighted by atomic mass is 9.83. The van der Waals surface area contributed by atoms with Gasteiger partial charge in [-0.2, -0.15) is 0 Å². The number of benzene rings is 1. The van der Waals surface area contributed by atoms with Gasteiger partial charge >= 0.3 is 0 Å². The highest BCUT2D eigenvalue weighted by Crippen LogP contribution is 2.42. The third-order valence-electron chi connectivity index (χ3n) is 4.33. The number of amides is 1. The quantitative estimate of drug-likeness (QED) is 0.906. The van der Waals surface area contributed by atoms with Crippen LogP contribution >= 0.6 is 0 Å². The number of fused-ring (bicyclic) bond motifs is 1. The maximum atomic E-state index is 12.1. The molecule has 1 N–H and O–H groups in total. The third-order valence-corrected chi connectivity index (χ3v) is 4.33. The number of ether oxygens (including phenoxy) is 1. The van der Waals surface area contributed by atoms with Crippen molar-refractivity contribution in [3.8, 4) is 5.75 Å². The summed E-state index contributed by atoms with van der Waals surface area (Å²) in [4.78, 5) is 12.1. The highest BCUT2D eigenvalue weighted by molar-refractivity contribution is 5.78. The summed E-state index contributed by atoms with van der Waals surface area (Å²) in [6.45, 7) is 8.15. The van der Waals surface area contributed by atoms with Gasteiger partial charge in [0.1, 0.15) is 11.4 Å². The molecule has 1 heterocycles. The normalized spacial score (nSPS) is 20.1. The molecule has 0 saturated heterocycles. The molecule has 3 nitrogen and oxygen atoms in total. The summed E-state index contributed by atoms with van der Waals surface area (Å²) >= 11 is 0. The van der Waals surface area contributed by atoms with E-state index in [1.54, 1.807) is 0 Å². The van der Waals surface area contributed by atoms with E-state index in [1.165, 1.54) is 0 Å². The lowest BCUT2D eigenvalue weighted by molar-refractivity contribution is -0.125. The summed E-state index contributed by atoms with van der Waals surface area (Å²) in [5.41, 5.74) is 0.933. The van der Waals surface area contributed by atoms with Crippen LogP contribution in [0.4, 0.5) is 0 Å². The fourth-order valence-corrected chi connectivity index (χ4v) is 2.77. The van der Waals surface area contributed by atoms with Crippen LogP contribution in [0.15, 0.2) is 24.3 Å². The maximum absolute atomic E-state index is 12.1. The summed E-state index contributed by atoms with van der Waals surface area (Å²) in [6, 6.07) is 8.09. The molecule has 2 rings (SSSR count). The molecule has 1 amide bonds. The Hall–Kier alpha value is -1.51. The van der Waals surface area contributed by atoms with Gasteiger partial charge in [-0.1, -0.05) is 45.9 Å². The molecule has 1 aromatic carbocycles. The lowest BCUT2D eigenvalue weighted by Gasteiger charge is -2.41. The van der Waals surface area contributed by atoms with E-state index in [4.69, 9.17) is 4.74 Å². The molecule has 20 heavy (non-hydrogen) atoms. The third kappa shape index (κ3) is 2.82. The first-order chi connectivity index (χ1) is 9.51. The van der Waals surface area contributed by atoms with Crippen LogP contribution in [0.2, 0.25) is 0 Å². The van der Waals surface area contributed by atoms with E-state index in [0.717, 1.165) is 30.6 Å². The molecular formula is C17H25NO2. The first-order valence-electron chi connectivity index (χ1n) is 7.59. The molecule has 1 aromatic rings. The van der Waals surface area contributed by atoms with E-state index in [0.29, 0.717) is 0 Å². The summed E-state index contributed by atoms with van der Waals surface area (Å²) in [6.07, 6.45) is 2.74. The predicted molar refractivity (Wildman–Crippen MR) is 80.7 cm³/mol. The van der Waals surface area contributed by atoms with Crippen molar-refractivity contribution in [3.05, 3.63) is 29.8 Å². The van der Waals surface area contributed by atoms with Gasteiger partial charge in [-0.05, 0) is 18.9 Å². The number of hydrogen-bond donors (Lipinski definition) is 1. The number of carbonyl (C=O) groups is 1. The van der Waals surface area contributed by atoms with E-state index in [-0.39, 0.29) is 23.5 Å². The Bertz CT molecular complexity index is 478. The van der Waals surface area contributed by atoms with E-state index in [1.807, 2.05) is 32.0 Å². The minimum absolute atomic E-state index is 0.00246. The van der Waals surface area contributed by atoms with Gasteiger partial charge in [-0.15, -0.1) is 0 Å². The zero-order valence-corrected chi connectivity index (χ0v) is 12.9. The topological polar surface area (TPSA) is 38.3 Å². The Morgan fingerprint density at radius 3 is 2.60 bits per heavy atom. The molecule has 0 aromatic heterocycles. The fraction of sp³-hybridized carbons (Fsp3) is 0.588. The van der Waals surface area contributed by atoms with E-state index < -0.39 is 0 Å². The molecule has 0 aliphatic carbocycles. The van der Waals surface area contributed by atoms with Crippen LogP contribution in [0.25, 0.3) is 0 Å².